The van der Waals surface area contributed by atoms with E-state index in [0.29, 0.717) is 17.9 Å². The number of carbonyl (C=O) groups is 1. The zero-order chi connectivity index (χ0) is 25.7. The second kappa shape index (κ2) is 8.69. The normalized spacial score (nSPS) is 17.2. The molecule has 2 aliphatic rings. The van der Waals surface area contributed by atoms with E-state index in [1.165, 1.54) is 6.33 Å². The summed E-state index contributed by atoms with van der Waals surface area (Å²) in [5.41, 5.74) is 4.62. The molecule has 0 spiro atoms. The highest BCUT2D eigenvalue weighted by atomic mass is 16.2. The van der Waals surface area contributed by atoms with Crippen molar-refractivity contribution in [2.45, 2.75) is 38.1 Å². The summed E-state index contributed by atoms with van der Waals surface area (Å²) in [5, 5.41) is 0. The van der Waals surface area contributed by atoms with Crippen LogP contribution in [-0.4, -0.2) is 50.0 Å². The number of nitrogens with zero attached hydrogens (tertiary/aromatic N) is 6. The van der Waals surface area contributed by atoms with Gasteiger partial charge in [0, 0.05) is 49.0 Å². The van der Waals surface area contributed by atoms with Gasteiger partial charge >= 0.3 is 5.69 Å². The second-order valence-electron chi connectivity index (χ2n) is 10.4. The lowest BCUT2D eigenvalue weighted by molar-refractivity contribution is 0.0981. The molecule has 188 valence electrons. The number of aromatic amines is 1. The average Bonchev–Trinajstić information content (AvgIpc) is 3.40. The van der Waals surface area contributed by atoms with E-state index in [9.17, 15) is 9.59 Å². The first kappa shape index (κ1) is 23.1. The van der Waals surface area contributed by atoms with Gasteiger partial charge in [-0.3, -0.25) is 14.3 Å². The van der Waals surface area contributed by atoms with Gasteiger partial charge < -0.3 is 9.80 Å². The summed E-state index contributed by atoms with van der Waals surface area (Å²) in [6.07, 6.45) is 6.54. The van der Waals surface area contributed by atoms with Crippen molar-refractivity contribution in [2.75, 3.05) is 29.4 Å². The van der Waals surface area contributed by atoms with Gasteiger partial charge in [-0.25, -0.2) is 19.7 Å². The Morgan fingerprint density at radius 3 is 2.73 bits per heavy atom. The summed E-state index contributed by atoms with van der Waals surface area (Å²) < 4.78 is 1.82. The third-order valence-electron chi connectivity index (χ3n) is 7.59. The maximum Gasteiger partial charge on any atom is 0.327 e. The minimum absolute atomic E-state index is 0.0772. The van der Waals surface area contributed by atoms with E-state index in [1.807, 2.05) is 39.8 Å². The lowest BCUT2D eigenvalue weighted by Crippen LogP contribution is -2.38. The maximum absolute atomic E-state index is 13.6. The topological polar surface area (TPSA) is 100 Å². The molecule has 0 atom stereocenters. The molecule has 1 saturated heterocycles. The Morgan fingerprint density at radius 2 is 1.95 bits per heavy atom. The molecular formula is C28H29N7O2. The van der Waals surface area contributed by atoms with E-state index in [1.54, 1.807) is 12.3 Å². The van der Waals surface area contributed by atoms with Crippen LogP contribution in [0.2, 0.25) is 0 Å². The van der Waals surface area contributed by atoms with Crippen molar-refractivity contribution in [2.24, 2.45) is 0 Å². The Hall–Kier alpha value is -4.27. The van der Waals surface area contributed by atoms with Crippen LogP contribution in [0, 0.1) is 0 Å². The summed E-state index contributed by atoms with van der Waals surface area (Å²) in [4.78, 5) is 46.1. The molecule has 5 heterocycles. The summed E-state index contributed by atoms with van der Waals surface area (Å²) in [6.45, 7) is 10.2. The van der Waals surface area contributed by atoms with Gasteiger partial charge in [0.05, 0.1) is 5.52 Å². The van der Waals surface area contributed by atoms with Crippen molar-refractivity contribution in [3.05, 3.63) is 82.8 Å². The molecule has 1 amide bonds. The monoisotopic (exact) mass is 495 g/mol. The minimum Gasteiger partial charge on any atom is -0.356 e. The molecule has 4 aromatic rings. The number of imidazole rings is 1. The number of nitrogens with one attached hydrogen (secondary N) is 1. The van der Waals surface area contributed by atoms with Gasteiger partial charge in [0.1, 0.15) is 17.8 Å². The van der Waals surface area contributed by atoms with Crippen molar-refractivity contribution in [3.63, 3.8) is 0 Å². The molecule has 0 saturated carbocycles. The number of fused-ring (bicyclic) bond motifs is 2. The van der Waals surface area contributed by atoms with Gasteiger partial charge in [0.15, 0.2) is 5.65 Å². The fraction of sp³-hybridized carbons (Fsp3) is 0.321. The van der Waals surface area contributed by atoms with Crippen LogP contribution in [0.5, 0.6) is 0 Å². The van der Waals surface area contributed by atoms with Crippen LogP contribution in [0.1, 0.15) is 54.3 Å². The van der Waals surface area contributed by atoms with Gasteiger partial charge in [0.2, 0.25) is 0 Å². The molecule has 9 heteroatoms. The first-order chi connectivity index (χ1) is 17.9. The Labute approximate surface area is 214 Å². The van der Waals surface area contributed by atoms with Crippen molar-refractivity contribution in [3.8, 4) is 0 Å². The first-order valence-corrected chi connectivity index (χ1v) is 12.6. The number of carbonyl (C=O) groups excluding carboxylic acids is 1. The SMILES string of the molecule is C=Cc1ccc2c(c1)C(C)(C)CN2C(=O)c1cc(N2CCC(n3c(=O)[nH]c4ncccc43)CC2)ncn1. The smallest absolute Gasteiger partial charge is 0.327 e. The van der Waals surface area contributed by atoms with E-state index in [2.05, 4.69) is 51.3 Å². The van der Waals surface area contributed by atoms with Crippen LogP contribution in [0.25, 0.3) is 17.2 Å². The lowest BCUT2D eigenvalue weighted by Gasteiger charge is -2.33. The summed E-state index contributed by atoms with van der Waals surface area (Å²) >= 11 is 0. The largest absolute Gasteiger partial charge is 0.356 e. The van der Waals surface area contributed by atoms with Gasteiger partial charge in [-0.05, 0) is 48.2 Å². The van der Waals surface area contributed by atoms with Crippen molar-refractivity contribution in [1.29, 1.82) is 0 Å². The van der Waals surface area contributed by atoms with Crippen LogP contribution in [-0.2, 0) is 5.41 Å². The number of hydrogen-bond donors (Lipinski definition) is 1. The van der Waals surface area contributed by atoms with Crippen LogP contribution in [0.15, 0.2) is 60.3 Å². The van der Waals surface area contributed by atoms with E-state index in [0.717, 1.165) is 54.1 Å². The van der Waals surface area contributed by atoms with Crippen molar-refractivity contribution in [1.82, 2.24) is 24.5 Å². The molecule has 37 heavy (non-hydrogen) atoms. The second-order valence-corrected chi connectivity index (χ2v) is 10.4. The highest BCUT2D eigenvalue weighted by Crippen LogP contribution is 2.41. The summed E-state index contributed by atoms with van der Waals surface area (Å²) in [5.74, 6) is 0.597. The van der Waals surface area contributed by atoms with Crippen LogP contribution in [0.3, 0.4) is 0 Å². The van der Waals surface area contributed by atoms with E-state index in [-0.39, 0.29) is 23.1 Å². The highest BCUT2D eigenvalue weighted by Gasteiger charge is 2.39. The molecule has 0 bridgehead atoms. The zero-order valence-corrected chi connectivity index (χ0v) is 21.0. The predicted molar refractivity (Wildman–Crippen MR) is 144 cm³/mol. The van der Waals surface area contributed by atoms with Gasteiger partial charge in [-0.15, -0.1) is 0 Å². The van der Waals surface area contributed by atoms with Crippen molar-refractivity contribution < 1.29 is 4.79 Å². The first-order valence-electron chi connectivity index (χ1n) is 12.6. The van der Waals surface area contributed by atoms with E-state index >= 15 is 0 Å². The number of amides is 1. The molecule has 0 radical (unpaired) electrons. The van der Waals surface area contributed by atoms with E-state index in [4.69, 9.17) is 0 Å². The number of rotatable bonds is 4. The molecule has 1 fully saturated rings. The van der Waals surface area contributed by atoms with Gasteiger partial charge in [-0.1, -0.05) is 32.6 Å². The molecule has 6 rings (SSSR count). The minimum atomic E-state index is -0.169. The molecule has 1 aromatic carbocycles. The fourth-order valence-electron chi connectivity index (χ4n) is 5.65. The highest BCUT2D eigenvalue weighted by molar-refractivity contribution is 6.07. The zero-order valence-electron chi connectivity index (χ0n) is 21.0. The van der Waals surface area contributed by atoms with Gasteiger partial charge in [0.25, 0.3) is 5.91 Å². The number of anilines is 2. The Morgan fingerprint density at radius 1 is 1.14 bits per heavy atom. The quantitative estimate of drug-likeness (QED) is 0.460. The lowest BCUT2D eigenvalue weighted by atomic mass is 9.86. The number of H-pyrrole nitrogens is 1. The molecule has 3 aromatic heterocycles. The number of pyridine rings is 1. The van der Waals surface area contributed by atoms with Crippen LogP contribution in [0.4, 0.5) is 11.5 Å². The third kappa shape index (κ3) is 3.91. The number of hydrogen-bond acceptors (Lipinski definition) is 6. The molecule has 2 aliphatic heterocycles. The maximum atomic E-state index is 13.6. The summed E-state index contributed by atoms with van der Waals surface area (Å²) in [7, 11) is 0. The fourth-order valence-corrected chi connectivity index (χ4v) is 5.65. The molecule has 1 N–H and O–H groups in total. The Balaban J connectivity index is 1.21. The number of benzene rings is 1. The molecule has 9 nitrogen and oxygen atoms in total. The average molecular weight is 496 g/mol. The van der Waals surface area contributed by atoms with Crippen LogP contribution >= 0.6 is 0 Å². The standard InChI is InChI=1S/C28H29N7O2/c1-4-18-7-8-22-20(14-18)28(2,3)16-34(22)26(36)21-15-24(31-17-30-21)33-12-9-19(10-13-33)35-23-6-5-11-29-25(23)32-27(35)37/h4-8,11,14-15,17,19H,1,9-10,12-13,16H2,2-3H3,(H,29,32,37). The third-order valence-corrected chi connectivity index (χ3v) is 7.59. The Bertz CT molecular complexity index is 1580. The van der Waals surface area contributed by atoms with E-state index < -0.39 is 0 Å². The van der Waals surface area contributed by atoms with Crippen molar-refractivity contribution >= 4 is 34.7 Å². The van der Waals surface area contributed by atoms with Crippen LogP contribution < -0.4 is 15.5 Å². The number of piperidine rings is 1. The molecular weight excluding hydrogens is 466 g/mol. The summed E-state index contributed by atoms with van der Waals surface area (Å²) in [6, 6.07) is 11.7. The predicted octanol–water partition coefficient (Wildman–Crippen LogP) is 3.94. The van der Waals surface area contributed by atoms with Gasteiger partial charge in [-0.2, -0.15) is 0 Å². The Kier molecular flexibility index (Phi) is 5.43. The molecule has 0 aliphatic carbocycles. The molecule has 0 unspecified atom stereocenters. The number of aromatic nitrogens is 5.